The zero-order chi connectivity index (χ0) is 10.4. The molecule has 0 amide bonds. The maximum absolute atomic E-state index is 11.0. The lowest BCUT2D eigenvalue weighted by molar-refractivity contribution is 0.0600. The second-order valence-corrected chi connectivity index (χ2v) is 2.51. The first-order valence-corrected chi connectivity index (χ1v) is 4.19. The normalized spacial score (nSPS) is 10.1. The summed E-state index contributed by atoms with van der Waals surface area (Å²) in [4.78, 5) is 15.8. The van der Waals surface area contributed by atoms with E-state index in [1.165, 1.54) is 7.11 Å². The van der Waals surface area contributed by atoms with Gasteiger partial charge in [0, 0.05) is 0 Å². The first-order chi connectivity index (χ1) is 6.77. The number of esters is 1. The lowest BCUT2D eigenvalue weighted by Crippen LogP contribution is -2.00. The van der Waals surface area contributed by atoms with E-state index in [2.05, 4.69) is 9.89 Å². The highest BCUT2D eigenvalue weighted by molar-refractivity contribution is 6.56. The fourth-order valence-electron chi connectivity index (χ4n) is 0.851. The largest absolute Gasteiger partial charge is 0.465 e. The molecule has 0 spiro atoms. The lowest BCUT2D eigenvalue weighted by Gasteiger charge is -2.00. The number of ether oxygens (including phenoxy) is 1. The summed E-state index contributed by atoms with van der Waals surface area (Å²) in [7, 11) is 1.32. The molecule has 0 aliphatic carbocycles. The summed E-state index contributed by atoms with van der Waals surface area (Å²) < 4.78 is 4.53. The molecule has 0 unspecified atom stereocenters. The van der Waals surface area contributed by atoms with Gasteiger partial charge in [-0.1, -0.05) is 16.8 Å². The van der Waals surface area contributed by atoms with Crippen LogP contribution in [0.25, 0.3) is 0 Å². The summed E-state index contributed by atoms with van der Waals surface area (Å²) >= 11 is 5.16. The van der Waals surface area contributed by atoms with Crippen LogP contribution >= 0.6 is 11.6 Å². The summed E-state index contributed by atoms with van der Waals surface area (Å²) in [6.45, 7) is 0. The lowest BCUT2D eigenvalue weighted by atomic mass is 10.2. The topological polar surface area (TPSA) is 47.9 Å². The number of halogens is 1. The Morgan fingerprint density at radius 2 is 2.07 bits per heavy atom. The van der Waals surface area contributed by atoms with Gasteiger partial charge in [-0.05, 0) is 24.3 Å². The van der Waals surface area contributed by atoms with Gasteiger partial charge in [-0.25, -0.2) is 4.79 Å². The molecule has 0 radical (unpaired) electrons. The Kier molecular flexibility index (Phi) is 3.94. The maximum atomic E-state index is 11.0. The van der Waals surface area contributed by atoms with Crippen LogP contribution in [-0.2, 0) is 4.74 Å². The second kappa shape index (κ2) is 5.24. The quantitative estimate of drug-likeness (QED) is 0.439. The molecule has 0 aliphatic heterocycles. The Morgan fingerprint density at radius 1 is 1.43 bits per heavy atom. The van der Waals surface area contributed by atoms with Crippen LogP contribution in [0.5, 0.6) is 5.75 Å². The third kappa shape index (κ3) is 2.74. The summed E-state index contributed by atoms with van der Waals surface area (Å²) in [5.41, 5.74) is 1.46. The Hall–Kier alpha value is -1.55. The standard InChI is InChI=1S/C9H8ClNO3/c1-13-9(12)7-2-4-8(5-3-7)14-11-6-10/h2-6H,1H3. The van der Waals surface area contributed by atoms with Crippen LogP contribution in [0.1, 0.15) is 10.4 Å². The zero-order valence-corrected chi connectivity index (χ0v) is 8.19. The van der Waals surface area contributed by atoms with Crippen LogP contribution in [0.3, 0.4) is 0 Å². The van der Waals surface area contributed by atoms with Gasteiger partial charge in [0.05, 0.1) is 12.7 Å². The van der Waals surface area contributed by atoms with Crippen LogP contribution in [0, 0.1) is 0 Å². The molecule has 5 heteroatoms. The molecule has 0 bridgehead atoms. The molecule has 0 atom stereocenters. The highest BCUT2D eigenvalue weighted by Crippen LogP contribution is 2.12. The third-order valence-corrected chi connectivity index (χ3v) is 1.55. The number of methoxy groups -OCH3 is 1. The van der Waals surface area contributed by atoms with E-state index in [4.69, 9.17) is 16.4 Å². The summed E-state index contributed by atoms with van der Waals surface area (Å²) in [6, 6.07) is 6.34. The number of rotatable bonds is 3. The van der Waals surface area contributed by atoms with Gasteiger partial charge in [0.15, 0.2) is 5.75 Å². The molecule has 0 aliphatic rings. The Bertz CT molecular complexity index is 334. The number of nitrogens with zero attached hydrogens (tertiary/aromatic N) is 1. The van der Waals surface area contributed by atoms with E-state index >= 15 is 0 Å². The molecular formula is C9H8ClNO3. The molecular weight excluding hydrogens is 206 g/mol. The van der Waals surface area contributed by atoms with Crippen molar-refractivity contribution in [3.05, 3.63) is 29.8 Å². The predicted octanol–water partition coefficient (Wildman–Crippen LogP) is 2.03. The minimum Gasteiger partial charge on any atom is -0.465 e. The Morgan fingerprint density at radius 3 is 2.57 bits per heavy atom. The number of benzene rings is 1. The molecule has 0 N–H and O–H groups in total. The van der Waals surface area contributed by atoms with Gasteiger partial charge >= 0.3 is 5.97 Å². The van der Waals surface area contributed by atoms with Crippen LogP contribution in [0.15, 0.2) is 29.4 Å². The molecule has 1 aromatic carbocycles. The van der Waals surface area contributed by atoms with Gasteiger partial charge in [0.2, 0.25) is 0 Å². The number of carbonyl (C=O) groups is 1. The molecule has 74 valence electrons. The van der Waals surface area contributed by atoms with Crippen LogP contribution in [-0.4, -0.2) is 18.8 Å². The minimum atomic E-state index is -0.391. The average molecular weight is 214 g/mol. The first-order valence-electron chi connectivity index (χ1n) is 3.75. The van der Waals surface area contributed by atoms with E-state index in [0.717, 1.165) is 5.67 Å². The molecule has 4 nitrogen and oxygen atoms in total. The van der Waals surface area contributed by atoms with Gasteiger partial charge in [0.1, 0.15) is 5.67 Å². The smallest absolute Gasteiger partial charge is 0.337 e. The molecule has 14 heavy (non-hydrogen) atoms. The van der Waals surface area contributed by atoms with Gasteiger partial charge < -0.3 is 9.57 Å². The molecule has 0 fully saturated rings. The molecule has 0 saturated heterocycles. The summed E-state index contributed by atoms with van der Waals surface area (Å²) in [5.74, 6) is 0.104. The molecule has 1 aromatic rings. The zero-order valence-electron chi connectivity index (χ0n) is 7.44. The van der Waals surface area contributed by atoms with Gasteiger partial charge in [-0.3, -0.25) is 0 Å². The van der Waals surface area contributed by atoms with Crippen molar-refractivity contribution in [2.24, 2.45) is 5.16 Å². The Balaban J connectivity index is 2.73. The average Bonchev–Trinajstić information content (AvgIpc) is 2.26. The van der Waals surface area contributed by atoms with Crippen molar-refractivity contribution in [2.75, 3.05) is 7.11 Å². The van der Waals surface area contributed by atoms with Crippen molar-refractivity contribution < 1.29 is 14.4 Å². The molecule has 0 aromatic heterocycles. The third-order valence-electron chi connectivity index (χ3n) is 1.47. The minimum absolute atomic E-state index is 0.391. The highest BCUT2D eigenvalue weighted by Gasteiger charge is 2.04. The molecule has 0 saturated carbocycles. The van der Waals surface area contributed by atoms with Gasteiger partial charge in [-0.15, -0.1) is 0 Å². The number of hydrogen-bond acceptors (Lipinski definition) is 4. The van der Waals surface area contributed by atoms with E-state index in [0.29, 0.717) is 11.3 Å². The molecule has 0 heterocycles. The van der Waals surface area contributed by atoms with Crippen molar-refractivity contribution in [2.45, 2.75) is 0 Å². The number of hydrogen-bond donors (Lipinski definition) is 0. The van der Waals surface area contributed by atoms with Crippen molar-refractivity contribution in [1.82, 2.24) is 0 Å². The number of carbonyl (C=O) groups excluding carboxylic acids is 1. The van der Waals surface area contributed by atoms with Crippen LogP contribution in [0.4, 0.5) is 0 Å². The number of oxime groups is 1. The fraction of sp³-hybridized carbons (Fsp3) is 0.111. The Labute approximate surface area is 86.1 Å². The van der Waals surface area contributed by atoms with Crippen LogP contribution in [0.2, 0.25) is 0 Å². The monoisotopic (exact) mass is 213 g/mol. The van der Waals surface area contributed by atoms with Crippen molar-refractivity contribution in [3.8, 4) is 5.75 Å². The fourth-order valence-corrected chi connectivity index (χ4v) is 0.890. The second-order valence-electron chi connectivity index (χ2n) is 2.31. The maximum Gasteiger partial charge on any atom is 0.337 e. The van der Waals surface area contributed by atoms with Gasteiger partial charge in [-0.2, -0.15) is 0 Å². The first kappa shape index (κ1) is 10.5. The van der Waals surface area contributed by atoms with E-state index in [-0.39, 0.29) is 0 Å². The SMILES string of the molecule is COC(=O)c1ccc(ON=CCl)cc1. The van der Waals surface area contributed by atoms with Gasteiger partial charge in [0.25, 0.3) is 0 Å². The summed E-state index contributed by atoms with van der Waals surface area (Å²) in [6.07, 6.45) is 0. The predicted molar refractivity (Wildman–Crippen MR) is 52.8 cm³/mol. The van der Waals surface area contributed by atoms with Crippen molar-refractivity contribution >= 4 is 23.2 Å². The van der Waals surface area contributed by atoms with Crippen molar-refractivity contribution in [1.29, 1.82) is 0 Å². The van der Waals surface area contributed by atoms with Crippen LogP contribution < -0.4 is 4.84 Å². The van der Waals surface area contributed by atoms with E-state index in [1.807, 2.05) is 0 Å². The molecule has 1 rings (SSSR count). The summed E-state index contributed by atoms with van der Waals surface area (Å²) in [5, 5.41) is 3.36. The van der Waals surface area contributed by atoms with E-state index in [1.54, 1.807) is 24.3 Å². The highest BCUT2D eigenvalue weighted by atomic mass is 35.5. The van der Waals surface area contributed by atoms with E-state index < -0.39 is 5.97 Å². The van der Waals surface area contributed by atoms with Crippen molar-refractivity contribution in [3.63, 3.8) is 0 Å². The van der Waals surface area contributed by atoms with E-state index in [9.17, 15) is 4.79 Å².